The van der Waals surface area contributed by atoms with E-state index in [4.69, 9.17) is 0 Å². The summed E-state index contributed by atoms with van der Waals surface area (Å²) in [6, 6.07) is 8.36. The fourth-order valence-corrected chi connectivity index (χ4v) is 2.67. The van der Waals surface area contributed by atoms with Gasteiger partial charge in [0.15, 0.2) is 0 Å². The molecule has 1 saturated carbocycles. The molecule has 1 unspecified atom stereocenters. The van der Waals surface area contributed by atoms with Crippen molar-refractivity contribution < 1.29 is 4.79 Å². The maximum absolute atomic E-state index is 12.0. The SMILES string of the molecule is Cc1ccccc1C(C)NC(=O)C1CCCC1. The van der Waals surface area contributed by atoms with Crippen molar-refractivity contribution in [3.05, 3.63) is 35.4 Å². The van der Waals surface area contributed by atoms with Crippen LogP contribution in [-0.4, -0.2) is 5.91 Å². The number of aryl methyl sites for hydroxylation is 1. The van der Waals surface area contributed by atoms with Gasteiger partial charge in [-0.3, -0.25) is 4.79 Å². The molecule has 0 radical (unpaired) electrons. The van der Waals surface area contributed by atoms with Gasteiger partial charge in [-0.15, -0.1) is 0 Å². The summed E-state index contributed by atoms with van der Waals surface area (Å²) in [5, 5.41) is 3.14. The minimum Gasteiger partial charge on any atom is -0.349 e. The fraction of sp³-hybridized carbons (Fsp3) is 0.533. The van der Waals surface area contributed by atoms with Crippen LogP contribution in [-0.2, 0) is 4.79 Å². The Morgan fingerprint density at radius 1 is 1.29 bits per heavy atom. The van der Waals surface area contributed by atoms with E-state index in [1.54, 1.807) is 0 Å². The summed E-state index contributed by atoms with van der Waals surface area (Å²) in [5.41, 5.74) is 2.46. The van der Waals surface area contributed by atoms with Gasteiger partial charge < -0.3 is 5.32 Å². The first-order chi connectivity index (χ1) is 8.18. The van der Waals surface area contributed by atoms with Gasteiger partial charge in [-0.05, 0) is 37.8 Å². The lowest BCUT2D eigenvalue weighted by molar-refractivity contribution is -0.125. The molecule has 1 N–H and O–H groups in total. The number of benzene rings is 1. The van der Waals surface area contributed by atoms with E-state index in [0.717, 1.165) is 12.8 Å². The largest absolute Gasteiger partial charge is 0.349 e. The van der Waals surface area contributed by atoms with Crippen molar-refractivity contribution in [3.8, 4) is 0 Å². The predicted molar refractivity (Wildman–Crippen MR) is 69.7 cm³/mol. The molecular weight excluding hydrogens is 210 g/mol. The molecule has 1 fully saturated rings. The van der Waals surface area contributed by atoms with E-state index in [-0.39, 0.29) is 17.9 Å². The third-order valence-electron chi connectivity index (χ3n) is 3.74. The maximum atomic E-state index is 12.0. The van der Waals surface area contributed by atoms with E-state index in [1.165, 1.54) is 24.0 Å². The Morgan fingerprint density at radius 3 is 2.59 bits per heavy atom. The Hall–Kier alpha value is -1.31. The van der Waals surface area contributed by atoms with Crippen LogP contribution in [0.1, 0.15) is 49.8 Å². The van der Waals surface area contributed by atoms with Crippen LogP contribution in [0.25, 0.3) is 0 Å². The predicted octanol–water partition coefficient (Wildman–Crippen LogP) is 3.36. The van der Waals surface area contributed by atoms with Crippen molar-refractivity contribution in [1.29, 1.82) is 0 Å². The van der Waals surface area contributed by atoms with Crippen LogP contribution in [0.15, 0.2) is 24.3 Å². The van der Waals surface area contributed by atoms with Gasteiger partial charge in [-0.2, -0.15) is 0 Å². The monoisotopic (exact) mass is 231 g/mol. The zero-order chi connectivity index (χ0) is 12.3. The van der Waals surface area contributed by atoms with Crippen LogP contribution in [0, 0.1) is 12.8 Å². The molecule has 1 amide bonds. The van der Waals surface area contributed by atoms with Crippen molar-refractivity contribution >= 4 is 5.91 Å². The van der Waals surface area contributed by atoms with E-state index in [1.807, 2.05) is 12.1 Å². The normalized spacial score (nSPS) is 18.0. The first-order valence-electron chi connectivity index (χ1n) is 6.54. The Morgan fingerprint density at radius 2 is 1.94 bits per heavy atom. The molecular formula is C15H21NO. The number of amides is 1. The number of rotatable bonds is 3. The number of carbonyl (C=O) groups excluding carboxylic acids is 1. The minimum atomic E-state index is 0.115. The van der Waals surface area contributed by atoms with Crippen LogP contribution < -0.4 is 5.32 Å². The Bertz CT molecular complexity index is 394. The second-order valence-corrected chi connectivity index (χ2v) is 5.07. The topological polar surface area (TPSA) is 29.1 Å². The molecule has 2 nitrogen and oxygen atoms in total. The minimum absolute atomic E-state index is 0.115. The molecule has 2 heteroatoms. The second-order valence-electron chi connectivity index (χ2n) is 5.07. The van der Waals surface area contributed by atoms with Crippen molar-refractivity contribution in [3.63, 3.8) is 0 Å². The lowest BCUT2D eigenvalue weighted by atomic mass is 10.0. The molecule has 1 aliphatic rings. The first kappa shape index (κ1) is 12.2. The highest BCUT2D eigenvalue weighted by Gasteiger charge is 2.24. The molecule has 0 heterocycles. The van der Waals surface area contributed by atoms with Crippen LogP contribution in [0.3, 0.4) is 0 Å². The van der Waals surface area contributed by atoms with Crippen LogP contribution in [0.2, 0.25) is 0 Å². The molecule has 0 saturated heterocycles. The van der Waals surface area contributed by atoms with Crippen molar-refractivity contribution in [1.82, 2.24) is 5.32 Å². The van der Waals surface area contributed by atoms with Gasteiger partial charge in [-0.25, -0.2) is 0 Å². The Labute approximate surface area is 103 Å². The third kappa shape index (κ3) is 2.87. The summed E-state index contributed by atoms with van der Waals surface area (Å²) < 4.78 is 0. The second kappa shape index (κ2) is 5.35. The molecule has 92 valence electrons. The van der Waals surface area contributed by atoms with E-state index < -0.39 is 0 Å². The molecule has 2 rings (SSSR count). The summed E-state index contributed by atoms with van der Waals surface area (Å²) in [6.45, 7) is 4.16. The standard InChI is InChI=1S/C15H21NO/c1-11-7-3-6-10-14(11)12(2)16-15(17)13-8-4-5-9-13/h3,6-7,10,12-13H,4-5,8-9H2,1-2H3,(H,16,17). The summed E-state index contributed by atoms with van der Waals surface area (Å²) in [5.74, 6) is 0.486. The average Bonchev–Trinajstić information content (AvgIpc) is 2.82. The van der Waals surface area contributed by atoms with Crippen molar-refractivity contribution in [2.45, 2.75) is 45.6 Å². The molecule has 0 spiro atoms. The zero-order valence-electron chi connectivity index (χ0n) is 10.7. The fourth-order valence-electron chi connectivity index (χ4n) is 2.67. The zero-order valence-corrected chi connectivity index (χ0v) is 10.7. The summed E-state index contributed by atoms with van der Waals surface area (Å²) in [4.78, 5) is 12.0. The van der Waals surface area contributed by atoms with Crippen LogP contribution in [0.4, 0.5) is 0 Å². The lowest BCUT2D eigenvalue weighted by Crippen LogP contribution is -2.31. The molecule has 1 atom stereocenters. The van der Waals surface area contributed by atoms with Gasteiger partial charge in [0.1, 0.15) is 0 Å². The molecule has 0 bridgehead atoms. The average molecular weight is 231 g/mol. The summed E-state index contributed by atoms with van der Waals surface area (Å²) >= 11 is 0. The van der Waals surface area contributed by atoms with Gasteiger partial charge in [0.2, 0.25) is 5.91 Å². The summed E-state index contributed by atoms with van der Waals surface area (Å²) in [6.07, 6.45) is 4.53. The van der Waals surface area contributed by atoms with E-state index >= 15 is 0 Å². The number of hydrogen-bond donors (Lipinski definition) is 1. The molecule has 0 aromatic heterocycles. The van der Waals surface area contributed by atoms with Crippen LogP contribution >= 0.6 is 0 Å². The van der Waals surface area contributed by atoms with Crippen molar-refractivity contribution in [2.24, 2.45) is 5.92 Å². The third-order valence-corrected chi connectivity index (χ3v) is 3.74. The highest BCUT2D eigenvalue weighted by molar-refractivity contribution is 5.79. The van der Waals surface area contributed by atoms with Gasteiger partial charge in [0.25, 0.3) is 0 Å². The highest BCUT2D eigenvalue weighted by atomic mass is 16.1. The number of carbonyl (C=O) groups is 1. The van der Waals surface area contributed by atoms with Gasteiger partial charge in [0.05, 0.1) is 6.04 Å². The van der Waals surface area contributed by atoms with E-state index in [0.29, 0.717) is 0 Å². The Kier molecular flexibility index (Phi) is 3.82. The van der Waals surface area contributed by atoms with Crippen LogP contribution in [0.5, 0.6) is 0 Å². The van der Waals surface area contributed by atoms with Gasteiger partial charge in [-0.1, -0.05) is 37.1 Å². The first-order valence-corrected chi connectivity index (χ1v) is 6.54. The highest BCUT2D eigenvalue weighted by Crippen LogP contribution is 2.26. The molecule has 0 aliphatic heterocycles. The van der Waals surface area contributed by atoms with Gasteiger partial charge in [0, 0.05) is 5.92 Å². The summed E-state index contributed by atoms with van der Waals surface area (Å²) in [7, 11) is 0. The quantitative estimate of drug-likeness (QED) is 0.849. The smallest absolute Gasteiger partial charge is 0.223 e. The van der Waals surface area contributed by atoms with Gasteiger partial charge >= 0.3 is 0 Å². The van der Waals surface area contributed by atoms with E-state index in [9.17, 15) is 4.79 Å². The molecule has 1 aromatic rings. The number of hydrogen-bond acceptors (Lipinski definition) is 1. The van der Waals surface area contributed by atoms with Crippen molar-refractivity contribution in [2.75, 3.05) is 0 Å². The molecule has 1 aliphatic carbocycles. The molecule has 1 aromatic carbocycles. The maximum Gasteiger partial charge on any atom is 0.223 e. The lowest BCUT2D eigenvalue weighted by Gasteiger charge is -2.19. The number of nitrogens with one attached hydrogen (secondary N) is 1. The Balaban J connectivity index is 1.99. The molecule has 17 heavy (non-hydrogen) atoms. The van der Waals surface area contributed by atoms with E-state index in [2.05, 4.69) is 31.3 Å².